The summed E-state index contributed by atoms with van der Waals surface area (Å²) in [6.07, 6.45) is 0.0430. The normalized spacial score (nSPS) is 11.3. The molecule has 5 heteroatoms. The first kappa shape index (κ1) is 14.1. The molecule has 0 atom stereocenters. The number of halogens is 2. The number of rotatable bonds is 5. The Hall–Kier alpha value is -0.930. The molecule has 0 saturated carbocycles. The van der Waals surface area contributed by atoms with Crippen molar-refractivity contribution in [1.82, 2.24) is 0 Å². The molecule has 0 unspecified atom stereocenters. The van der Waals surface area contributed by atoms with Gasteiger partial charge in [0.15, 0.2) is 0 Å². The molecule has 0 aromatic heterocycles. The lowest BCUT2D eigenvalue weighted by Crippen LogP contribution is -2.24. The molecule has 0 saturated heterocycles. The molecule has 1 N–H and O–H groups in total. The highest BCUT2D eigenvalue weighted by Crippen LogP contribution is 2.27. The van der Waals surface area contributed by atoms with Gasteiger partial charge in [0.2, 0.25) is 0 Å². The number of hydrogen-bond donors (Lipinski definition) is 1. The number of aliphatic carboxylic acids is 1. The maximum Gasteiger partial charge on any atom is 0.304 e. The quantitative estimate of drug-likeness (QED) is 0.888. The monoisotopic (exact) mass is 276 g/mol. The Bertz CT molecular complexity index is 396. The second-order valence-corrected chi connectivity index (χ2v) is 5.50. The van der Waals surface area contributed by atoms with E-state index in [1.54, 1.807) is 18.2 Å². The van der Waals surface area contributed by atoms with Crippen LogP contribution in [0.3, 0.4) is 0 Å². The van der Waals surface area contributed by atoms with Gasteiger partial charge in [-0.15, -0.1) is 0 Å². The molecule has 3 nitrogen and oxygen atoms in total. The molecular weight excluding hydrogens is 263 g/mol. The van der Waals surface area contributed by atoms with Crippen LogP contribution in [0.25, 0.3) is 0 Å². The molecule has 0 bridgehead atoms. The summed E-state index contributed by atoms with van der Waals surface area (Å²) in [5.41, 5.74) is -0.444. The van der Waals surface area contributed by atoms with E-state index in [2.05, 4.69) is 0 Å². The van der Waals surface area contributed by atoms with Crippen molar-refractivity contribution in [3.63, 3.8) is 0 Å². The van der Waals surface area contributed by atoms with E-state index in [1.807, 2.05) is 13.8 Å². The van der Waals surface area contributed by atoms with Crippen LogP contribution in [0.1, 0.15) is 20.3 Å². The summed E-state index contributed by atoms with van der Waals surface area (Å²) >= 11 is 11.7. The molecule has 1 rings (SSSR count). The van der Waals surface area contributed by atoms with Crippen molar-refractivity contribution < 1.29 is 14.6 Å². The summed E-state index contributed by atoms with van der Waals surface area (Å²) in [6.45, 7) is 3.94. The van der Waals surface area contributed by atoms with Crippen molar-refractivity contribution >= 4 is 29.2 Å². The Labute approximate surface area is 110 Å². The second kappa shape index (κ2) is 5.61. The van der Waals surface area contributed by atoms with Crippen LogP contribution in [0, 0.1) is 5.41 Å². The Morgan fingerprint density at radius 3 is 2.29 bits per heavy atom. The minimum absolute atomic E-state index is 0.0430. The fourth-order valence-corrected chi connectivity index (χ4v) is 1.86. The van der Waals surface area contributed by atoms with Crippen molar-refractivity contribution in [3.05, 3.63) is 28.2 Å². The standard InChI is InChI=1S/C12H14Cl2O3/c1-12(2,6-11(15)16)7-17-10-4-8(13)3-9(14)5-10/h3-5H,6-7H2,1-2H3,(H,15,16). The van der Waals surface area contributed by atoms with E-state index in [9.17, 15) is 4.79 Å². The molecular formula is C12H14Cl2O3. The molecule has 0 aliphatic heterocycles. The van der Waals surface area contributed by atoms with Crippen molar-refractivity contribution in [1.29, 1.82) is 0 Å². The smallest absolute Gasteiger partial charge is 0.304 e. The SMILES string of the molecule is CC(C)(COc1cc(Cl)cc(Cl)c1)CC(=O)O. The highest BCUT2D eigenvalue weighted by molar-refractivity contribution is 6.34. The summed E-state index contributed by atoms with van der Waals surface area (Å²) in [7, 11) is 0. The highest BCUT2D eigenvalue weighted by atomic mass is 35.5. The van der Waals surface area contributed by atoms with Crippen LogP contribution < -0.4 is 4.74 Å². The number of carboxylic acids is 1. The zero-order valence-electron chi connectivity index (χ0n) is 9.67. The van der Waals surface area contributed by atoms with Crippen LogP contribution in [0.2, 0.25) is 10.0 Å². The van der Waals surface area contributed by atoms with Crippen molar-refractivity contribution in [2.24, 2.45) is 5.41 Å². The van der Waals surface area contributed by atoms with Gasteiger partial charge in [-0.1, -0.05) is 37.0 Å². The van der Waals surface area contributed by atoms with Gasteiger partial charge in [0.25, 0.3) is 0 Å². The largest absolute Gasteiger partial charge is 0.493 e. The van der Waals surface area contributed by atoms with Crippen molar-refractivity contribution in [2.75, 3.05) is 6.61 Å². The molecule has 17 heavy (non-hydrogen) atoms. The Morgan fingerprint density at radius 1 is 1.29 bits per heavy atom. The Morgan fingerprint density at radius 2 is 1.82 bits per heavy atom. The van der Waals surface area contributed by atoms with E-state index < -0.39 is 11.4 Å². The summed E-state index contributed by atoms with van der Waals surface area (Å²) in [4.78, 5) is 10.6. The summed E-state index contributed by atoms with van der Waals surface area (Å²) in [5, 5.41) is 9.72. The Balaban J connectivity index is 2.63. The van der Waals surface area contributed by atoms with Gasteiger partial charge in [0.05, 0.1) is 13.0 Å². The molecule has 0 radical (unpaired) electrons. The van der Waals surface area contributed by atoms with Gasteiger partial charge in [-0.05, 0) is 18.2 Å². The number of carboxylic acid groups (broad SMARTS) is 1. The first-order valence-corrected chi connectivity index (χ1v) is 5.85. The predicted molar refractivity (Wildman–Crippen MR) is 68.0 cm³/mol. The third-order valence-corrected chi connectivity index (χ3v) is 2.53. The van der Waals surface area contributed by atoms with E-state index in [0.717, 1.165) is 0 Å². The topological polar surface area (TPSA) is 46.5 Å². The van der Waals surface area contributed by atoms with Crippen molar-refractivity contribution in [2.45, 2.75) is 20.3 Å². The van der Waals surface area contributed by atoms with Gasteiger partial charge in [-0.25, -0.2) is 0 Å². The van der Waals surface area contributed by atoms with Crippen LogP contribution in [0.5, 0.6) is 5.75 Å². The summed E-state index contributed by atoms with van der Waals surface area (Å²) < 4.78 is 5.50. The van der Waals surface area contributed by atoms with E-state index in [0.29, 0.717) is 15.8 Å². The molecule has 1 aromatic rings. The minimum Gasteiger partial charge on any atom is -0.493 e. The molecule has 0 aliphatic rings. The minimum atomic E-state index is -0.845. The van der Waals surface area contributed by atoms with E-state index in [1.165, 1.54) is 0 Å². The molecule has 0 aliphatic carbocycles. The van der Waals surface area contributed by atoms with Crippen LogP contribution in [0.15, 0.2) is 18.2 Å². The molecule has 0 heterocycles. The average Bonchev–Trinajstić information content (AvgIpc) is 2.11. The zero-order valence-corrected chi connectivity index (χ0v) is 11.2. The van der Waals surface area contributed by atoms with Crippen molar-refractivity contribution in [3.8, 4) is 5.75 Å². The van der Waals surface area contributed by atoms with Crippen LogP contribution in [-0.4, -0.2) is 17.7 Å². The predicted octanol–water partition coefficient (Wildman–Crippen LogP) is 3.87. The highest BCUT2D eigenvalue weighted by Gasteiger charge is 2.22. The van der Waals surface area contributed by atoms with Gasteiger partial charge in [-0.2, -0.15) is 0 Å². The molecule has 94 valence electrons. The lowest BCUT2D eigenvalue weighted by Gasteiger charge is -2.22. The summed E-state index contributed by atoms with van der Waals surface area (Å²) in [6, 6.07) is 4.90. The van der Waals surface area contributed by atoms with E-state index >= 15 is 0 Å². The third kappa shape index (κ3) is 5.29. The van der Waals surface area contributed by atoms with E-state index in [-0.39, 0.29) is 13.0 Å². The number of carbonyl (C=O) groups is 1. The number of benzene rings is 1. The third-order valence-electron chi connectivity index (χ3n) is 2.10. The zero-order chi connectivity index (χ0) is 13.1. The lowest BCUT2D eigenvalue weighted by molar-refractivity contribution is -0.139. The van der Waals surface area contributed by atoms with Gasteiger partial charge < -0.3 is 9.84 Å². The summed E-state index contributed by atoms with van der Waals surface area (Å²) in [5.74, 6) is -0.302. The van der Waals surface area contributed by atoms with Gasteiger partial charge in [-0.3, -0.25) is 4.79 Å². The number of hydrogen-bond acceptors (Lipinski definition) is 2. The van der Waals surface area contributed by atoms with Crippen LogP contribution in [-0.2, 0) is 4.79 Å². The molecule has 0 fully saturated rings. The van der Waals surface area contributed by atoms with Gasteiger partial charge in [0.1, 0.15) is 5.75 Å². The molecule has 0 spiro atoms. The molecule has 0 amide bonds. The first-order chi connectivity index (χ1) is 7.78. The Kier molecular flexibility index (Phi) is 4.66. The average molecular weight is 277 g/mol. The van der Waals surface area contributed by atoms with Crippen LogP contribution in [0.4, 0.5) is 0 Å². The number of ether oxygens (including phenoxy) is 1. The maximum atomic E-state index is 10.6. The van der Waals surface area contributed by atoms with Crippen LogP contribution >= 0.6 is 23.2 Å². The maximum absolute atomic E-state index is 10.6. The molecule has 1 aromatic carbocycles. The van der Waals surface area contributed by atoms with Gasteiger partial charge >= 0.3 is 5.97 Å². The fourth-order valence-electron chi connectivity index (χ4n) is 1.35. The fraction of sp³-hybridized carbons (Fsp3) is 0.417. The first-order valence-electron chi connectivity index (χ1n) is 5.09. The second-order valence-electron chi connectivity index (χ2n) is 4.63. The lowest BCUT2D eigenvalue weighted by atomic mass is 9.91. The van der Waals surface area contributed by atoms with E-state index in [4.69, 9.17) is 33.0 Å². The van der Waals surface area contributed by atoms with Gasteiger partial charge in [0, 0.05) is 15.5 Å².